The fourth-order valence-electron chi connectivity index (χ4n) is 3.33. The van der Waals surface area contributed by atoms with E-state index in [2.05, 4.69) is 4.98 Å². The number of carbonyl (C=O) groups is 1. The number of anilines is 1. The van der Waals surface area contributed by atoms with Gasteiger partial charge in [-0.05, 0) is 38.4 Å². The van der Waals surface area contributed by atoms with Crippen LogP contribution in [0.3, 0.4) is 0 Å². The molecular weight excluding hydrogens is 466 g/mol. The molecule has 2 aromatic heterocycles. The highest BCUT2D eigenvalue weighted by molar-refractivity contribution is 7.22. The maximum absolute atomic E-state index is 13.6. The molecule has 0 unspecified atom stereocenters. The van der Waals surface area contributed by atoms with Crippen molar-refractivity contribution in [3.05, 3.63) is 58.4 Å². The highest BCUT2D eigenvalue weighted by atomic mass is 35.5. The van der Waals surface area contributed by atoms with Gasteiger partial charge in [0.05, 0.1) is 14.2 Å². The van der Waals surface area contributed by atoms with Crippen LogP contribution in [0.4, 0.5) is 5.13 Å². The second-order valence-electron chi connectivity index (χ2n) is 7.39. The van der Waals surface area contributed by atoms with Gasteiger partial charge in [0.25, 0.3) is 5.91 Å². The first-order valence-corrected chi connectivity index (χ1v) is 10.8. The van der Waals surface area contributed by atoms with Crippen molar-refractivity contribution in [3.8, 4) is 11.5 Å². The minimum Gasteiger partial charge on any atom is -0.495 e. The van der Waals surface area contributed by atoms with Gasteiger partial charge >= 0.3 is 5.63 Å². The Morgan fingerprint density at radius 2 is 1.76 bits per heavy atom. The number of thiazole rings is 1. The number of amides is 1. The first-order chi connectivity index (χ1) is 15.4. The standard InChI is InChI=1S/C23H23N3O5S.ClH/c1-25(2)11-12-26(21(27)15-13-14-7-5-6-8-16(14)31-22(15)28)23-24-19-17(29-3)9-10-18(30-4)20(19)32-23;/h5-10,13H,11-12H2,1-4H3;1H. The Kier molecular flexibility index (Phi) is 7.57. The number of likely N-dealkylation sites (N-methyl/N-ethyl adjacent to an activating group) is 1. The number of carbonyl (C=O) groups excluding carboxylic acids is 1. The van der Waals surface area contributed by atoms with Crippen LogP contribution in [-0.4, -0.2) is 57.2 Å². The third kappa shape index (κ3) is 4.80. The van der Waals surface area contributed by atoms with Gasteiger partial charge in [-0.1, -0.05) is 29.5 Å². The quantitative estimate of drug-likeness (QED) is 0.362. The van der Waals surface area contributed by atoms with E-state index < -0.39 is 11.5 Å². The van der Waals surface area contributed by atoms with Gasteiger partial charge in [-0.2, -0.15) is 0 Å². The van der Waals surface area contributed by atoms with Crippen molar-refractivity contribution in [2.75, 3.05) is 46.3 Å². The van der Waals surface area contributed by atoms with E-state index in [0.717, 1.165) is 4.70 Å². The molecule has 2 aromatic carbocycles. The van der Waals surface area contributed by atoms with Gasteiger partial charge in [-0.3, -0.25) is 9.69 Å². The van der Waals surface area contributed by atoms with Gasteiger partial charge in [0.15, 0.2) is 5.13 Å². The van der Waals surface area contributed by atoms with E-state index in [9.17, 15) is 9.59 Å². The van der Waals surface area contributed by atoms with Crippen LogP contribution in [0.2, 0.25) is 0 Å². The Morgan fingerprint density at radius 1 is 1.06 bits per heavy atom. The van der Waals surface area contributed by atoms with E-state index in [0.29, 0.717) is 46.2 Å². The first-order valence-electron chi connectivity index (χ1n) is 9.94. The van der Waals surface area contributed by atoms with E-state index in [1.165, 1.54) is 16.2 Å². The number of fused-ring (bicyclic) bond motifs is 2. The third-order valence-electron chi connectivity index (χ3n) is 5.02. The molecule has 0 spiro atoms. The summed E-state index contributed by atoms with van der Waals surface area (Å²) in [5.41, 5.74) is 0.309. The van der Waals surface area contributed by atoms with Gasteiger partial charge in [0.2, 0.25) is 0 Å². The molecule has 8 nitrogen and oxygen atoms in total. The first kappa shape index (κ1) is 24.5. The number of nitrogens with zero attached hydrogens (tertiary/aromatic N) is 3. The highest BCUT2D eigenvalue weighted by Gasteiger charge is 2.26. The van der Waals surface area contributed by atoms with E-state index in [1.54, 1.807) is 50.6 Å². The Bertz CT molecular complexity index is 1310. The predicted molar refractivity (Wildman–Crippen MR) is 133 cm³/mol. The molecule has 0 atom stereocenters. The normalized spacial score (nSPS) is 10.9. The Morgan fingerprint density at radius 3 is 2.45 bits per heavy atom. The molecule has 4 rings (SSSR count). The van der Waals surface area contributed by atoms with Crippen LogP contribution in [-0.2, 0) is 0 Å². The van der Waals surface area contributed by atoms with Gasteiger partial charge in [0.1, 0.15) is 32.9 Å². The number of ether oxygens (including phenoxy) is 2. The fourth-order valence-corrected chi connectivity index (χ4v) is 4.43. The van der Waals surface area contributed by atoms with Crippen LogP contribution >= 0.6 is 23.7 Å². The molecule has 33 heavy (non-hydrogen) atoms. The molecule has 0 aliphatic heterocycles. The number of para-hydroxylation sites is 1. The molecule has 174 valence electrons. The largest absolute Gasteiger partial charge is 0.495 e. The molecule has 0 saturated carbocycles. The zero-order valence-corrected chi connectivity index (χ0v) is 20.3. The van der Waals surface area contributed by atoms with Crippen molar-refractivity contribution in [1.29, 1.82) is 0 Å². The van der Waals surface area contributed by atoms with Gasteiger partial charge < -0.3 is 18.8 Å². The average molecular weight is 490 g/mol. The SMILES string of the molecule is COc1ccc(OC)c2sc(N(CCN(C)C)C(=O)c3cc4ccccc4oc3=O)nc12.Cl. The highest BCUT2D eigenvalue weighted by Crippen LogP contribution is 2.40. The Hall–Kier alpha value is -3.14. The van der Waals surface area contributed by atoms with E-state index >= 15 is 0 Å². The number of aromatic nitrogens is 1. The molecule has 0 saturated heterocycles. The van der Waals surface area contributed by atoms with E-state index in [-0.39, 0.29) is 18.0 Å². The zero-order valence-electron chi connectivity index (χ0n) is 18.7. The molecule has 0 N–H and O–H groups in total. The van der Waals surface area contributed by atoms with Crippen molar-refractivity contribution in [2.24, 2.45) is 0 Å². The van der Waals surface area contributed by atoms with Crippen molar-refractivity contribution in [2.45, 2.75) is 0 Å². The minimum atomic E-state index is -0.681. The molecule has 0 aliphatic carbocycles. The molecule has 1 amide bonds. The minimum absolute atomic E-state index is 0. The second-order valence-corrected chi connectivity index (χ2v) is 8.37. The van der Waals surface area contributed by atoms with Crippen LogP contribution in [0, 0.1) is 0 Å². The summed E-state index contributed by atoms with van der Waals surface area (Å²) in [7, 11) is 6.97. The van der Waals surface area contributed by atoms with Crippen LogP contribution in [0.25, 0.3) is 21.2 Å². The predicted octanol–water partition coefficient (Wildman–Crippen LogP) is 4.05. The lowest BCUT2D eigenvalue weighted by Crippen LogP contribution is -2.38. The number of halogens is 1. The summed E-state index contributed by atoms with van der Waals surface area (Å²) < 4.78 is 17.1. The molecule has 0 bridgehead atoms. The summed E-state index contributed by atoms with van der Waals surface area (Å²) in [6.45, 7) is 0.914. The smallest absolute Gasteiger partial charge is 0.349 e. The molecule has 4 aromatic rings. The lowest BCUT2D eigenvalue weighted by molar-refractivity contribution is 0.0982. The summed E-state index contributed by atoms with van der Waals surface area (Å²) in [6.07, 6.45) is 0. The second kappa shape index (κ2) is 10.2. The lowest BCUT2D eigenvalue weighted by atomic mass is 10.1. The van der Waals surface area contributed by atoms with E-state index in [1.807, 2.05) is 25.1 Å². The molecule has 0 aliphatic rings. The monoisotopic (exact) mass is 489 g/mol. The number of hydrogen-bond donors (Lipinski definition) is 0. The maximum atomic E-state index is 13.6. The van der Waals surface area contributed by atoms with Crippen molar-refractivity contribution < 1.29 is 18.7 Å². The summed E-state index contributed by atoms with van der Waals surface area (Å²) in [6, 6.07) is 12.2. The van der Waals surface area contributed by atoms with Crippen LogP contribution in [0.15, 0.2) is 51.7 Å². The molecule has 0 radical (unpaired) electrons. The summed E-state index contributed by atoms with van der Waals surface area (Å²) in [4.78, 5) is 34.3. The third-order valence-corrected chi connectivity index (χ3v) is 6.11. The Balaban J connectivity index is 0.00000306. The van der Waals surface area contributed by atoms with Crippen molar-refractivity contribution in [1.82, 2.24) is 9.88 Å². The average Bonchev–Trinajstić information content (AvgIpc) is 3.22. The molecular formula is C23H24ClN3O5S. The summed E-state index contributed by atoms with van der Waals surface area (Å²) >= 11 is 1.31. The number of benzene rings is 2. The molecule has 2 heterocycles. The van der Waals surface area contributed by atoms with Crippen LogP contribution in [0.5, 0.6) is 11.5 Å². The fraction of sp³-hybridized carbons (Fsp3) is 0.261. The molecule has 0 fully saturated rings. The van der Waals surface area contributed by atoms with Crippen LogP contribution < -0.4 is 20.0 Å². The van der Waals surface area contributed by atoms with Crippen molar-refractivity contribution >= 4 is 56.0 Å². The van der Waals surface area contributed by atoms with Crippen LogP contribution in [0.1, 0.15) is 10.4 Å². The lowest BCUT2D eigenvalue weighted by Gasteiger charge is -2.21. The summed E-state index contributed by atoms with van der Waals surface area (Å²) in [5, 5.41) is 1.12. The Labute approximate surface area is 200 Å². The summed E-state index contributed by atoms with van der Waals surface area (Å²) in [5.74, 6) is 0.742. The van der Waals surface area contributed by atoms with E-state index in [4.69, 9.17) is 13.9 Å². The number of methoxy groups -OCH3 is 2. The topological polar surface area (TPSA) is 85.1 Å². The molecule has 10 heteroatoms. The van der Waals surface area contributed by atoms with Crippen molar-refractivity contribution in [3.63, 3.8) is 0 Å². The zero-order chi connectivity index (χ0) is 22.8. The number of hydrogen-bond acceptors (Lipinski definition) is 8. The number of rotatable bonds is 7. The maximum Gasteiger partial charge on any atom is 0.349 e. The van der Waals surface area contributed by atoms with Gasteiger partial charge in [-0.25, -0.2) is 9.78 Å². The van der Waals surface area contributed by atoms with Gasteiger partial charge in [0, 0.05) is 18.5 Å². The van der Waals surface area contributed by atoms with Gasteiger partial charge in [-0.15, -0.1) is 12.4 Å².